The van der Waals surface area contributed by atoms with Crippen LogP contribution in [-0.2, 0) is 0 Å². The monoisotopic (exact) mass is 144 g/mol. The standard InChI is InChI=1S/C7H14NS/c1-4-7(2,3)5-8-6-9/h4-5H2,1-3H3,(H,8,9). The van der Waals surface area contributed by atoms with Gasteiger partial charge in [-0.25, -0.2) is 0 Å². The lowest BCUT2D eigenvalue weighted by Gasteiger charge is -2.21. The Morgan fingerprint density at radius 1 is 1.56 bits per heavy atom. The van der Waals surface area contributed by atoms with Gasteiger partial charge < -0.3 is 5.32 Å². The molecule has 0 saturated heterocycles. The first-order chi connectivity index (χ1) is 4.12. The highest BCUT2D eigenvalue weighted by Gasteiger charge is 2.12. The molecule has 9 heavy (non-hydrogen) atoms. The van der Waals surface area contributed by atoms with E-state index in [0.717, 1.165) is 13.0 Å². The largest absolute Gasteiger partial charge is 0.373 e. The zero-order valence-corrected chi connectivity index (χ0v) is 7.14. The van der Waals surface area contributed by atoms with Gasteiger partial charge in [-0.15, -0.1) is 0 Å². The van der Waals surface area contributed by atoms with Crippen molar-refractivity contribution >= 4 is 17.7 Å². The Kier molecular flexibility index (Phi) is 3.78. The summed E-state index contributed by atoms with van der Waals surface area (Å²) in [5, 5.41) is 2.90. The lowest BCUT2D eigenvalue weighted by Crippen LogP contribution is -2.27. The number of hydrogen-bond acceptors (Lipinski definition) is 1. The van der Waals surface area contributed by atoms with Gasteiger partial charge in [0.2, 0.25) is 0 Å². The molecule has 1 N–H and O–H groups in total. The zero-order chi connectivity index (χ0) is 7.33. The van der Waals surface area contributed by atoms with Crippen molar-refractivity contribution in [3.8, 4) is 0 Å². The van der Waals surface area contributed by atoms with E-state index in [4.69, 9.17) is 0 Å². The Bertz CT molecular complexity index is 88.9. The van der Waals surface area contributed by atoms with Gasteiger partial charge in [0.1, 0.15) is 5.49 Å². The van der Waals surface area contributed by atoms with Gasteiger partial charge in [-0.05, 0) is 11.8 Å². The molecule has 0 spiro atoms. The Morgan fingerprint density at radius 2 is 2.11 bits per heavy atom. The topological polar surface area (TPSA) is 12.0 Å². The van der Waals surface area contributed by atoms with Crippen LogP contribution in [0.2, 0.25) is 0 Å². The van der Waals surface area contributed by atoms with E-state index in [0.29, 0.717) is 5.41 Å². The van der Waals surface area contributed by atoms with Gasteiger partial charge in [0.15, 0.2) is 0 Å². The van der Waals surface area contributed by atoms with Gasteiger partial charge in [-0.2, -0.15) is 0 Å². The minimum absolute atomic E-state index is 0.353. The maximum Gasteiger partial charge on any atom is 0.134 e. The second kappa shape index (κ2) is 3.83. The van der Waals surface area contributed by atoms with Crippen LogP contribution in [0.25, 0.3) is 0 Å². The Morgan fingerprint density at radius 3 is 2.44 bits per heavy atom. The minimum Gasteiger partial charge on any atom is -0.373 e. The molecular formula is C7H14NS. The highest BCUT2D eigenvalue weighted by atomic mass is 32.1. The molecule has 0 atom stereocenters. The summed E-state index contributed by atoms with van der Waals surface area (Å²) in [7, 11) is 0. The van der Waals surface area contributed by atoms with E-state index < -0.39 is 0 Å². The average Bonchev–Trinajstić information content (AvgIpc) is 1.84. The third-order valence-corrected chi connectivity index (χ3v) is 1.74. The van der Waals surface area contributed by atoms with E-state index in [2.05, 4.69) is 43.8 Å². The third kappa shape index (κ3) is 4.40. The molecule has 0 aliphatic carbocycles. The van der Waals surface area contributed by atoms with Gasteiger partial charge in [-0.3, -0.25) is 0 Å². The van der Waals surface area contributed by atoms with Crippen molar-refractivity contribution in [2.24, 2.45) is 5.41 Å². The van der Waals surface area contributed by atoms with Gasteiger partial charge in [0, 0.05) is 6.54 Å². The first kappa shape index (κ1) is 8.89. The average molecular weight is 144 g/mol. The molecule has 0 aromatic heterocycles. The minimum atomic E-state index is 0.353. The molecule has 0 unspecified atom stereocenters. The molecule has 0 bridgehead atoms. The first-order valence-corrected chi connectivity index (χ1v) is 3.63. The maximum absolute atomic E-state index is 4.51. The molecule has 0 aromatic rings. The molecule has 0 saturated carbocycles. The number of nitrogens with one attached hydrogen (secondary N) is 1. The molecule has 1 radical (unpaired) electrons. The highest BCUT2D eigenvalue weighted by Crippen LogP contribution is 2.16. The van der Waals surface area contributed by atoms with Gasteiger partial charge >= 0.3 is 0 Å². The Balaban J connectivity index is 3.44. The fourth-order valence-electron chi connectivity index (χ4n) is 0.400. The van der Waals surface area contributed by atoms with Crippen molar-refractivity contribution in [2.45, 2.75) is 27.2 Å². The van der Waals surface area contributed by atoms with Crippen molar-refractivity contribution in [1.82, 2.24) is 5.32 Å². The normalized spacial score (nSPS) is 11.0. The molecule has 0 amide bonds. The van der Waals surface area contributed by atoms with E-state index in [-0.39, 0.29) is 0 Å². The van der Waals surface area contributed by atoms with Crippen LogP contribution >= 0.6 is 12.2 Å². The predicted molar refractivity (Wildman–Crippen MR) is 44.7 cm³/mol. The number of thiocarbonyl (C=S) groups is 1. The summed E-state index contributed by atoms with van der Waals surface area (Å²) in [4.78, 5) is 0. The second-order valence-corrected chi connectivity index (χ2v) is 3.18. The smallest absolute Gasteiger partial charge is 0.134 e. The van der Waals surface area contributed by atoms with Gasteiger partial charge in [0.25, 0.3) is 0 Å². The summed E-state index contributed by atoms with van der Waals surface area (Å²) in [5.41, 5.74) is 2.84. The van der Waals surface area contributed by atoms with Crippen LogP contribution in [0, 0.1) is 5.41 Å². The molecule has 0 aromatic carbocycles. The molecule has 0 aliphatic rings. The molecule has 0 aliphatic heterocycles. The van der Waals surface area contributed by atoms with Crippen LogP contribution in [0.1, 0.15) is 27.2 Å². The second-order valence-electron chi connectivity index (χ2n) is 2.97. The van der Waals surface area contributed by atoms with Crippen LogP contribution in [-0.4, -0.2) is 12.0 Å². The fourth-order valence-corrected chi connectivity index (χ4v) is 0.473. The Hall–Kier alpha value is -0.110. The molecule has 0 rings (SSSR count). The van der Waals surface area contributed by atoms with E-state index >= 15 is 0 Å². The lowest BCUT2D eigenvalue weighted by molar-refractivity contribution is 0.351. The van der Waals surface area contributed by atoms with Crippen LogP contribution in [0.15, 0.2) is 0 Å². The molecule has 2 heteroatoms. The zero-order valence-electron chi connectivity index (χ0n) is 6.32. The van der Waals surface area contributed by atoms with Crippen molar-refractivity contribution < 1.29 is 0 Å². The molecule has 0 fully saturated rings. The van der Waals surface area contributed by atoms with Crippen LogP contribution < -0.4 is 5.32 Å². The molecule has 1 nitrogen and oxygen atoms in total. The molecular weight excluding hydrogens is 130 g/mol. The van der Waals surface area contributed by atoms with Crippen LogP contribution in [0.3, 0.4) is 0 Å². The van der Waals surface area contributed by atoms with Crippen LogP contribution in [0.4, 0.5) is 0 Å². The summed E-state index contributed by atoms with van der Waals surface area (Å²) in [6.45, 7) is 7.50. The van der Waals surface area contributed by atoms with E-state index in [9.17, 15) is 0 Å². The third-order valence-electron chi connectivity index (χ3n) is 1.60. The van der Waals surface area contributed by atoms with Gasteiger partial charge in [-0.1, -0.05) is 33.0 Å². The fraction of sp³-hybridized carbons (Fsp3) is 0.857. The number of rotatable bonds is 4. The maximum atomic E-state index is 4.51. The summed E-state index contributed by atoms with van der Waals surface area (Å²) < 4.78 is 0. The Labute approximate surface area is 62.8 Å². The summed E-state index contributed by atoms with van der Waals surface area (Å²) >= 11 is 4.51. The summed E-state index contributed by atoms with van der Waals surface area (Å²) in [5.74, 6) is 0. The molecule has 53 valence electrons. The summed E-state index contributed by atoms with van der Waals surface area (Å²) in [6, 6.07) is 0. The van der Waals surface area contributed by atoms with Crippen molar-refractivity contribution in [3.05, 3.63) is 0 Å². The summed E-state index contributed by atoms with van der Waals surface area (Å²) in [6.07, 6.45) is 1.16. The predicted octanol–water partition coefficient (Wildman–Crippen LogP) is 1.85. The van der Waals surface area contributed by atoms with Gasteiger partial charge in [0.05, 0.1) is 0 Å². The van der Waals surface area contributed by atoms with Crippen molar-refractivity contribution in [2.75, 3.05) is 6.54 Å². The van der Waals surface area contributed by atoms with Crippen molar-refractivity contribution in [3.63, 3.8) is 0 Å². The van der Waals surface area contributed by atoms with E-state index in [1.165, 1.54) is 0 Å². The van der Waals surface area contributed by atoms with Crippen molar-refractivity contribution in [1.29, 1.82) is 0 Å². The van der Waals surface area contributed by atoms with Crippen LogP contribution in [0.5, 0.6) is 0 Å². The SMILES string of the molecule is CCC(C)(C)CN[C]=S. The lowest BCUT2D eigenvalue weighted by atomic mass is 9.90. The van der Waals surface area contributed by atoms with E-state index in [1.807, 2.05) is 0 Å². The number of hydrogen-bond donors (Lipinski definition) is 1. The van der Waals surface area contributed by atoms with E-state index in [1.54, 1.807) is 0 Å². The highest BCUT2D eigenvalue weighted by molar-refractivity contribution is 7.78. The first-order valence-electron chi connectivity index (χ1n) is 3.22. The quantitative estimate of drug-likeness (QED) is 0.477. The molecule has 0 heterocycles.